The van der Waals surface area contributed by atoms with Crippen LogP contribution in [0.1, 0.15) is 5.56 Å². The molecule has 0 spiro atoms. The van der Waals surface area contributed by atoms with E-state index in [2.05, 4.69) is 10.7 Å². The molecular weight excluding hydrogens is 415 g/mol. The van der Waals surface area contributed by atoms with E-state index in [1.54, 1.807) is 0 Å². The van der Waals surface area contributed by atoms with E-state index in [0.717, 1.165) is 22.8 Å². The third kappa shape index (κ3) is 4.04. The molecule has 11 heteroatoms. The number of hydrogen-bond donors (Lipinski definition) is 2. The summed E-state index contributed by atoms with van der Waals surface area (Å²) in [5.74, 6) is -2.61. The maximum absolute atomic E-state index is 13.1. The van der Waals surface area contributed by atoms with Crippen molar-refractivity contribution in [2.45, 2.75) is 12.5 Å². The van der Waals surface area contributed by atoms with Crippen LogP contribution in [0.25, 0.3) is 0 Å². The highest BCUT2D eigenvalue weighted by Crippen LogP contribution is 2.34. The number of nitrogens with one attached hydrogen (secondary N) is 2. The van der Waals surface area contributed by atoms with Crippen LogP contribution in [0.4, 0.5) is 24.5 Å². The minimum Gasteiger partial charge on any atom is -0.336 e. The van der Waals surface area contributed by atoms with Crippen LogP contribution < -0.4 is 15.6 Å². The number of para-hydroxylation sites is 2. The second-order valence-electron chi connectivity index (χ2n) is 7.01. The summed E-state index contributed by atoms with van der Waals surface area (Å²) in [7, 11) is 0. The van der Waals surface area contributed by atoms with E-state index in [0.29, 0.717) is 13.1 Å². The molecule has 0 aromatic heterocycles. The van der Waals surface area contributed by atoms with E-state index in [1.807, 2.05) is 35.2 Å². The Balaban J connectivity index is 1.49. The molecule has 2 N–H and O–H groups in total. The van der Waals surface area contributed by atoms with Crippen molar-refractivity contribution in [3.63, 3.8) is 0 Å². The van der Waals surface area contributed by atoms with Crippen molar-refractivity contribution in [1.29, 1.82) is 0 Å². The Morgan fingerprint density at radius 1 is 0.968 bits per heavy atom. The molecule has 4 rings (SSSR count). The normalized spacial score (nSPS) is 18.9. The highest BCUT2D eigenvalue weighted by atomic mass is 19.4. The molecule has 2 aromatic rings. The standard InChI is InChI=1S/C20H18F3N5O3/c21-20(22,23)14-8-4-5-9-15(14)24-16(29)12-28-18(31)17(30)27-11-10-26(19(27)25-28)13-6-2-1-3-7-13/h1-9,19,25H,10-12H2,(H,24,29). The van der Waals surface area contributed by atoms with Gasteiger partial charge in [-0.2, -0.15) is 18.6 Å². The lowest BCUT2D eigenvalue weighted by Crippen LogP contribution is -2.68. The summed E-state index contributed by atoms with van der Waals surface area (Å²) < 4.78 is 39.4. The first-order chi connectivity index (χ1) is 14.8. The number of carbonyl (C=O) groups is 3. The van der Waals surface area contributed by atoms with E-state index in [9.17, 15) is 27.6 Å². The number of alkyl halides is 3. The van der Waals surface area contributed by atoms with Crippen LogP contribution in [-0.4, -0.2) is 53.6 Å². The summed E-state index contributed by atoms with van der Waals surface area (Å²) in [5.41, 5.74) is 2.22. The molecular formula is C20H18F3N5O3. The quantitative estimate of drug-likeness (QED) is 0.716. The number of halogens is 3. The van der Waals surface area contributed by atoms with Gasteiger partial charge in [0.05, 0.1) is 11.3 Å². The van der Waals surface area contributed by atoms with E-state index < -0.39 is 48.0 Å². The van der Waals surface area contributed by atoms with Crippen LogP contribution in [0.5, 0.6) is 0 Å². The Morgan fingerprint density at radius 2 is 1.61 bits per heavy atom. The summed E-state index contributed by atoms with van der Waals surface area (Å²) in [6.45, 7) is 0.152. The van der Waals surface area contributed by atoms with Crippen LogP contribution >= 0.6 is 0 Å². The fourth-order valence-corrected chi connectivity index (χ4v) is 3.60. The summed E-state index contributed by atoms with van der Waals surface area (Å²) in [6.07, 6.45) is -5.35. The monoisotopic (exact) mass is 433 g/mol. The Hall–Kier alpha value is -3.60. The Kier molecular flexibility index (Phi) is 5.27. The average Bonchev–Trinajstić information content (AvgIpc) is 3.16. The molecule has 8 nitrogen and oxygen atoms in total. The largest absolute Gasteiger partial charge is 0.418 e. The number of anilines is 2. The number of hydrazine groups is 1. The van der Waals surface area contributed by atoms with Gasteiger partial charge in [0, 0.05) is 18.8 Å². The number of benzene rings is 2. The molecule has 0 bridgehead atoms. The Bertz CT molecular complexity index is 1010. The van der Waals surface area contributed by atoms with Crippen molar-refractivity contribution in [1.82, 2.24) is 15.3 Å². The minimum absolute atomic E-state index is 0.316. The predicted octanol–water partition coefficient (Wildman–Crippen LogP) is 1.62. The first-order valence-corrected chi connectivity index (χ1v) is 9.42. The molecule has 0 aliphatic carbocycles. The molecule has 0 saturated carbocycles. The van der Waals surface area contributed by atoms with Crippen LogP contribution in [0.3, 0.4) is 0 Å². The molecule has 2 fully saturated rings. The minimum atomic E-state index is -4.65. The highest BCUT2D eigenvalue weighted by molar-refractivity contribution is 6.35. The summed E-state index contributed by atoms with van der Waals surface area (Å²) in [6, 6.07) is 13.7. The van der Waals surface area contributed by atoms with Crippen LogP contribution in [-0.2, 0) is 20.6 Å². The van der Waals surface area contributed by atoms with Gasteiger partial charge in [0.1, 0.15) is 6.54 Å². The molecule has 1 unspecified atom stereocenters. The van der Waals surface area contributed by atoms with Gasteiger partial charge in [-0.25, -0.2) is 0 Å². The van der Waals surface area contributed by atoms with Gasteiger partial charge in [-0.15, -0.1) is 0 Å². The lowest BCUT2D eigenvalue weighted by atomic mass is 10.1. The third-order valence-electron chi connectivity index (χ3n) is 5.03. The number of hydrogen-bond acceptors (Lipinski definition) is 5. The zero-order chi connectivity index (χ0) is 22.2. The summed E-state index contributed by atoms with van der Waals surface area (Å²) in [5, 5.41) is 3.00. The molecule has 2 aliphatic rings. The SMILES string of the molecule is O=C(CN1NC2N(CCN2c2ccccc2)C(=O)C1=O)Nc1ccccc1C(F)(F)F. The van der Waals surface area contributed by atoms with Crippen LogP contribution in [0.15, 0.2) is 54.6 Å². The topological polar surface area (TPSA) is 85.0 Å². The van der Waals surface area contributed by atoms with Gasteiger partial charge in [0.25, 0.3) is 0 Å². The van der Waals surface area contributed by atoms with Crippen molar-refractivity contribution >= 4 is 29.1 Å². The number of fused-ring (bicyclic) bond motifs is 1. The zero-order valence-electron chi connectivity index (χ0n) is 16.1. The van der Waals surface area contributed by atoms with Gasteiger partial charge in [-0.05, 0) is 24.3 Å². The lowest BCUT2D eigenvalue weighted by molar-refractivity contribution is -0.163. The Labute approximate surface area is 175 Å². The molecule has 2 aromatic carbocycles. The van der Waals surface area contributed by atoms with E-state index in [4.69, 9.17) is 0 Å². The van der Waals surface area contributed by atoms with Crippen LogP contribution in [0.2, 0.25) is 0 Å². The number of carbonyl (C=O) groups excluding carboxylic acids is 3. The van der Waals surface area contributed by atoms with Gasteiger partial charge in [0.2, 0.25) is 5.91 Å². The second kappa shape index (κ2) is 7.91. The molecule has 2 heterocycles. The number of nitrogens with zero attached hydrogens (tertiary/aromatic N) is 3. The fourth-order valence-electron chi connectivity index (χ4n) is 3.60. The Morgan fingerprint density at radius 3 is 2.32 bits per heavy atom. The maximum Gasteiger partial charge on any atom is 0.418 e. The first-order valence-electron chi connectivity index (χ1n) is 9.42. The van der Waals surface area contributed by atoms with Gasteiger partial charge in [-0.3, -0.25) is 24.3 Å². The van der Waals surface area contributed by atoms with Gasteiger partial charge in [-0.1, -0.05) is 30.3 Å². The third-order valence-corrected chi connectivity index (χ3v) is 5.03. The molecule has 2 saturated heterocycles. The summed E-state index contributed by atoms with van der Waals surface area (Å²) in [4.78, 5) is 40.5. The molecule has 2 aliphatic heterocycles. The van der Waals surface area contributed by atoms with Gasteiger partial charge in [0.15, 0.2) is 6.29 Å². The van der Waals surface area contributed by atoms with Crippen molar-refractivity contribution in [2.24, 2.45) is 0 Å². The van der Waals surface area contributed by atoms with Crippen LogP contribution in [0, 0.1) is 0 Å². The van der Waals surface area contributed by atoms with Crippen molar-refractivity contribution in [2.75, 3.05) is 29.9 Å². The van der Waals surface area contributed by atoms with E-state index >= 15 is 0 Å². The highest BCUT2D eigenvalue weighted by Gasteiger charge is 2.45. The van der Waals surface area contributed by atoms with Gasteiger partial charge < -0.3 is 10.2 Å². The van der Waals surface area contributed by atoms with Crippen molar-refractivity contribution in [3.8, 4) is 0 Å². The van der Waals surface area contributed by atoms with Crippen molar-refractivity contribution in [3.05, 3.63) is 60.2 Å². The van der Waals surface area contributed by atoms with E-state index in [1.165, 1.54) is 17.0 Å². The fraction of sp³-hybridized carbons (Fsp3) is 0.250. The van der Waals surface area contributed by atoms with Crippen molar-refractivity contribution < 1.29 is 27.6 Å². The summed E-state index contributed by atoms with van der Waals surface area (Å²) >= 11 is 0. The number of amides is 3. The number of rotatable bonds is 4. The maximum atomic E-state index is 13.1. The first kappa shape index (κ1) is 20.7. The molecule has 3 amide bonds. The average molecular weight is 433 g/mol. The lowest BCUT2D eigenvalue weighted by Gasteiger charge is -2.40. The molecule has 0 radical (unpaired) electrons. The van der Waals surface area contributed by atoms with Gasteiger partial charge >= 0.3 is 18.0 Å². The molecule has 31 heavy (non-hydrogen) atoms. The second-order valence-corrected chi connectivity index (χ2v) is 7.01. The predicted molar refractivity (Wildman–Crippen MR) is 104 cm³/mol. The van der Waals surface area contributed by atoms with E-state index in [-0.39, 0.29) is 0 Å². The smallest absolute Gasteiger partial charge is 0.336 e. The molecule has 1 atom stereocenters. The molecule has 162 valence electrons. The zero-order valence-corrected chi connectivity index (χ0v) is 16.1.